The van der Waals surface area contributed by atoms with Crippen LogP contribution < -0.4 is 0 Å². The van der Waals surface area contributed by atoms with E-state index < -0.39 is 0 Å². The molecule has 4 aromatic rings. The molecule has 1 aliphatic carbocycles. The normalized spacial score (nSPS) is 13.8. The molecule has 0 atom stereocenters. The topological polar surface area (TPSA) is 0 Å². The van der Waals surface area contributed by atoms with Crippen molar-refractivity contribution in [3.8, 4) is 22.3 Å². The van der Waals surface area contributed by atoms with E-state index >= 15 is 0 Å². The molecule has 0 heterocycles. The van der Waals surface area contributed by atoms with Gasteiger partial charge in [-0.15, -0.1) is 0 Å². The van der Waals surface area contributed by atoms with Crippen LogP contribution in [0.1, 0.15) is 36.1 Å². The Hall–Kier alpha value is -3.12. The smallest absolute Gasteiger partial charge is 0.0158 e. The molecule has 0 unspecified atom stereocenters. The first-order chi connectivity index (χ1) is 13.6. The molecule has 0 saturated heterocycles. The molecule has 0 spiro atoms. The summed E-state index contributed by atoms with van der Waals surface area (Å²) < 4.78 is 0. The molecule has 5 rings (SSSR count). The predicted octanol–water partition coefficient (Wildman–Crippen LogP) is 7.25. The average Bonchev–Trinajstić information content (AvgIpc) is 2.97. The van der Waals surface area contributed by atoms with Crippen molar-refractivity contribution in [2.75, 3.05) is 0 Å². The third kappa shape index (κ3) is 2.68. The van der Waals surface area contributed by atoms with E-state index in [0.717, 1.165) is 6.42 Å². The Morgan fingerprint density at radius 2 is 1.29 bits per heavy atom. The lowest BCUT2D eigenvalue weighted by molar-refractivity contribution is 0.660. The van der Waals surface area contributed by atoms with E-state index in [1.165, 1.54) is 44.5 Å². The number of hydrogen-bond acceptors (Lipinski definition) is 0. The van der Waals surface area contributed by atoms with Crippen LogP contribution in [0, 0.1) is 0 Å². The van der Waals surface area contributed by atoms with Gasteiger partial charge in [0, 0.05) is 5.41 Å². The molecule has 0 N–H and O–H groups in total. The Morgan fingerprint density at radius 1 is 0.607 bits per heavy atom. The van der Waals surface area contributed by atoms with Crippen molar-refractivity contribution in [2.45, 2.75) is 25.7 Å². The molecule has 0 fully saturated rings. The minimum absolute atomic E-state index is 0.0633. The second kappa shape index (κ2) is 6.49. The van der Waals surface area contributed by atoms with Crippen molar-refractivity contribution in [2.24, 2.45) is 0 Å². The number of benzene rings is 4. The van der Waals surface area contributed by atoms with Gasteiger partial charge in [-0.25, -0.2) is 0 Å². The number of fused-ring (bicyclic) bond motifs is 3. The van der Waals surface area contributed by atoms with Crippen molar-refractivity contribution in [1.29, 1.82) is 0 Å². The lowest BCUT2D eigenvalue weighted by atomic mass is 9.82. The van der Waals surface area contributed by atoms with Crippen LogP contribution in [0.4, 0.5) is 0 Å². The molecule has 4 aromatic carbocycles. The quantitative estimate of drug-likeness (QED) is 0.361. The highest BCUT2D eigenvalue weighted by Crippen LogP contribution is 2.50. The van der Waals surface area contributed by atoms with Crippen LogP contribution in [0.25, 0.3) is 22.3 Å². The predicted molar refractivity (Wildman–Crippen MR) is 119 cm³/mol. The van der Waals surface area contributed by atoms with Gasteiger partial charge in [0.25, 0.3) is 0 Å². The van der Waals surface area contributed by atoms with Gasteiger partial charge >= 0.3 is 0 Å². The zero-order valence-corrected chi connectivity index (χ0v) is 16.4. The number of rotatable bonds is 3. The Labute approximate surface area is 167 Å². The van der Waals surface area contributed by atoms with Crippen LogP contribution in [0.3, 0.4) is 0 Å². The highest BCUT2D eigenvalue weighted by Gasteiger charge is 2.36. The summed E-state index contributed by atoms with van der Waals surface area (Å²) in [5.74, 6) is 0. The van der Waals surface area contributed by atoms with Crippen LogP contribution in [0.15, 0.2) is 97.1 Å². The van der Waals surface area contributed by atoms with Gasteiger partial charge in [0.1, 0.15) is 0 Å². The molecule has 0 nitrogen and oxygen atoms in total. The summed E-state index contributed by atoms with van der Waals surface area (Å²) in [7, 11) is 0. The van der Waals surface area contributed by atoms with Gasteiger partial charge < -0.3 is 0 Å². The van der Waals surface area contributed by atoms with Crippen LogP contribution in [0.5, 0.6) is 0 Å². The summed E-state index contributed by atoms with van der Waals surface area (Å²) in [6.45, 7) is 4.69. The molecule has 0 radical (unpaired) electrons. The summed E-state index contributed by atoms with van der Waals surface area (Å²) >= 11 is 0. The van der Waals surface area contributed by atoms with E-state index in [2.05, 4.69) is 111 Å². The zero-order chi connectivity index (χ0) is 19.1. The molecule has 0 saturated carbocycles. The van der Waals surface area contributed by atoms with Gasteiger partial charge in [-0.3, -0.25) is 0 Å². The first-order valence-electron chi connectivity index (χ1n) is 10.0. The van der Waals surface area contributed by atoms with Crippen molar-refractivity contribution >= 4 is 0 Å². The van der Waals surface area contributed by atoms with Gasteiger partial charge in [0.15, 0.2) is 0 Å². The van der Waals surface area contributed by atoms with Gasteiger partial charge in [0.05, 0.1) is 0 Å². The molecule has 28 heavy (non-hydrogen) atoms. The molecule has 0 amide bonds. The number of hydrogen-bond donors (Lipinski definition) is 0. The second-order valence-corrected chi connectivity index (χ2v) is 8.25. The molecule has 0 aromatic heterocycles. The Bertz CT molecular complexity index is 1150. The molecule has 0 aliphatic heterocycles. The van der Waals surface area contributed by atoms with Crippen LogP contribution in [0.2, 0.25) is 0 Å². The average molecular weight is 360 g/mol. The molecule has 136 valence electrons. The minimum atomic E-state index is 0.0633. The maximum absolute atomic E-state index is 2.34. The van der Waals surface area contributed by atoms with E-state index in [1.54, 1.807) is 0 Å². The summed E-state index contributed by atoms with van der Waals surface area (Å²) in [6.07, 6.45) is 0.953. The van der Waals surface area contributed by atoms with E-state index in [1.807, 2.05) is 0 Å². The highest BCUT2D eigenvalue weighted by atomic mass is 14.4. The monoisotopic (exact) mass is 360 g/mol. The molecular formula is C28H24. The van der Waals surface area contributed by atoms with Crippen molar-refractivity contribution in [3.05, 3.63) is 119 Å². The first kappa shape index (κ1) is 17.0. The lowest BCUT2D eigenvalue weighted by Crippen LogP contribution is -2.14. The van der Waals surface area contributed by atoms with E-state index in [-0.39, 0.29) is 5.41 Å². The van der Waals surface area contributed by atoms with Crippen molar-refractivity contribution < 1.29 is 0 Å². The Morgan fingerprint density at radius 3 is 2.14 bits per heavy atom. The summed E-state index contributed by atoms with van der Waals surface area (Å²) in [5.41, 5.74) is 11.1. The van der Waals surface area contributed by atoms with E-state index in [9.17, 15) is 0 Å². The fraction of sp³-hybridized carbons (Fsp3) is 0.143. The Balaban J connectivity index is 1.59. The fourth-order valence-electron chi connectivity index (χ4n) is 4.69. The summed E-state index contributed by atoms with van der Waals surface area (Å²) in [6, 6.07) is 35.3. The van der Waals surface area contributed by atoms with E-state index in [4.69, 9.17) is 0 Å². The van der Waals surface area contributed by atoms with Gasteiger partial charge in [-0.2, -0.15) is 0 Å². The first-order valence-corrected chi connectivity index (χ1v) is 10.0. The van der Waals surface area contributed by atoms with E-state index in [0.29, 0.717) is 0 Å². The lowest BCUT2D eigenvalue weighted by Gasteiger charge is -2.21. The van der Waals surface area contributed by atoms with Crippen LogP contribution in [-0.4, -0.2) is 0 Å². The molecular weight excluding hydrogens is 336 g/mol. The third-order valence-corrected chi connectivity index (χ3v) is 6.12. The van der Waals surface area contributed by atoms with Gasteiger partial charge in [0.2, 0.25) is 0 Å². The Kier molecular flexibility index (Phi) is 3.94. The van der Waals surface area contributed by atoms with Crippen LogP contribution in [-0.2, 0) is 11.8 Å². The SMILES string of the molecule is CC1(C)c2ccccc2-c2c(Cc3cccc(-c4ccccc4)c3)cccc21. The third-order valence-electron chi connectivity index (χ3n) is 6.12. The minimum Gasteiger partial charge on any atom is -0.0622 e. The largest absolute Gasteiger partial charge is 0.0622 e. The molecule has 0 bridgehead atoms. The maximum Gasteiger partial charge on any atom is 0.0158 e. The maximum atomic E-state index is 2.34. The summed E-state index contributed by atoms with van der Waals surface area (Å²) in [5, 5.41) is 0. The van der Waals surface area contributed by atoms with Gasteiger partial charge in [-0.05, 0) is 50.9 Å². The highest BCUT2D eigenvalue weighted by molar-refractivity contribution is 5.83. The van der Waals surface area contributed by atoms with Gasteiger partial charge in [-0.1, -0.05) is 111 Å². The summed E-state index contributed by atoms with van der Waals surface area (Å²) in [4.78, 5) is 0. The molecule has 0 heteroatoms. The van der Waals surface area contributed by atoms with Crippen LogP contribution >= 0.6 is 0 Å². The molecule has 1 aliphatic rings. The van der Waals surface area contributed by atoms with Crippen molar-refractivity contribution in [1.82, 2.24) is 0 Å². The fourth-order valence-corrected chi connectivity index (χ4v) is 4.69. The van der Waals surface area contributed by atoms with Crippen molar-refractivity contribution in [3.63, 3.8) is 0 Å². The second-order valence-electron chi connectivity index (χ2n) is 8.25. The zero-order valence-electron chi connectivity index (χ0n) is 16.4. The standard InChI is InChI=1S/C28H24/c1-28(2)25-16-7-6-15-24(25)27-23(14-9-17-26(27)28)19-20-10-8-13-22(18-20)21-11-4-3-5-12-21/h3-18H,19H2,1-2H3.